The number of fused-ring (bicyclic) bond motifs is 2. The Kier molecular flexibility index (Phi) is 6.13. The Labute approximate surface area is 217 Å². The molecule has 0 unspecified atom stereocenters. The molecule has 0 aromatic heterocycles. The van der Waals surface area contributed by atoms with Crippen LogP contribution in [0.1, 0.15) is 77.3 Å². The van der Waals surface area contributed by atoms with E-state index >= 15 is 0 Å². The molecule has 10 heteroatoms. The van der Waals surface area contributed by atoms with Crippen molar-refractivity contribution in [1.29, 1.82) is 0 Å². The molecule has 0 spiro atoms. The first-order valence-electron chi connectivity index (χ1n) is 12.5. The normalized spacial score (nSPS) is 19.5. The third-order valence-corrected chi connectivity index (χ3v) is 8.03. The Morgan fingerprint density at radius 3 is 1.61 bits per heavy atom. The number of carboxylic acid groups (broad SMARTS) is 1. The summed E-state index contributed by atoms with van der Waals surface area (Å²) in [4.78, 5) is 69.5. The summed E-state index contributed by atoms with van der Waals surface area (Å²) in [6, 6.07) is 9.98. The molecule has 0 radical (unpaired) electrons. The minimum Gasteiger partial charge on any atom is -0.481 e. The number of ketones is 2. The maximum absolute atomic E-state index is 12.2. The second kappa shape index (κ2) is 9.20. The van der Waals surface area contributed by atoms with Crippen LogP contribution >= 0.6 is 0 Å². The molecular weight excluding hydrogens is 492 g/mol. The van der Waals surface area contributed by atoms with Crippen LogP contribution in [0.25, 0.3) is 0 Å². The summed E-state index contributed by atoms with van der Waals surface area (Å²) in [5.41, 5.74) is 1.48. The fourth-order valence-electron chi connectivity index (χ4n) is 5.45. The first-order chi connectivity index (χ1) is 18.1. The summed E-state index contributed by atoms with van der Waals surface area (Å²) in [5, 5.41) is 14.3. The number of carbonyl (C=O) groups is 6. The summed E-state index contributed by atoms with van der Waals surface area (Å²) in [7, 11) is 0. The van der Waals surface area contributed by atoms with Crippen LogP contribution < -0.4 is 10.6 Å². The zero-order valence-corrected chi connectivity index (χ0v) is 20.7. The number of carbonyl (C=O) groups excluding carboxylic acids is 5. The molecule has 2 aromatic carbocycles. The first-order valence-corrected chi connectivity index (χ1v) is 12.5. The molecule has 10 nitrogen and oxygen atoms in total. The maximum Gasteiger partial charge on any atom is 0.316 e. The van der Waals surface area contributed by atoms with Gasteiger partial charge in [0.05, 0.1) is 39.9 Å². The van der Waals surface area contributed by atoms with Gasteiger partial charge in [0.15, 0.2) is 0 Å². The first kappa shape index (κ1) is 25.3. The molecule has 2 aliphatic carbocycles. The highest BCUT2D eigenvalue weighted by Gasteiger charge is 2.48. The van der Waals surface area contributed by atoms with E-state index in [9.17, 15) is 33.9 Å². The van der Waals surface area contributed by atoms with Gasteiger partial charge in [-0.05, 0) is 68.0 Å². The second-order valence-electron chi connectivity index (χ2n) is 9.98. The van der Waals surface area contributed by atoms with Gasteiger partial charge in [-0.3, -0.25) is 28.8 Å². The van der Waals surface area contributed by atoms with Crippen LogP contribution in [0.5, 0.6) is 0 Å². The van der Waals surface area contributed by atoms with E-state index in [4.69, 9.17) is 4.74 Å². The molecule has 0 atom stereocenters. The minimum absolute atomic E-state index is 0.240. The fourth-order valence-corrected chi connectivity index (χ4v) is 5.45. The van der Waals surface area contributed by atoms with Crippen molar-refractivity contribution in [2.75, 3.05) is 17.2 Å². The van der Waals surface area contributed by atoms with Gasteiger partial charge in [0.1, 0.15) is 0 Å². The number of esters is 1. The molecule has 2 saturated carbocycles. The summed E-state index contributed by atoms with van der Waals surface area (Å²) in [6.45, 7) is 2.11. The van der Waals surface area contributed by atoms with Crippen LogP contribution in [0, 0.1) is 0 Å². The average molecular weight is 519 g/mol. The molecule has 38 heavy (non-hydrogen) atoms. The van der Waals surface area contributed by atoms with E-state index in [0.29, 0.717) is 42.0 Å². The molecule has 2 amide bonds. The predicted molar refractivity (Wildman–Crippen MR) is 134 cm³/mol. The Bertz CT molecular complexity index is 1420. The van der Waals surface area contributed by atoms with Crippen LogP contribution in [-0.4, -0.2) is 47.0 Å². The van der Waals surface area contributed by atoms with Gasteiger partial charge in [0, 0.05) is 0 Å². The van der Waals surface area contributed by atoms with E-state index < -0.39 is 40.2 Å². The molecule has 3 N–H and O–H groups in total. The summed E-state index contributed by atoms with van der Waals surface area (Å²) in [6.07, 6.45) is 4.43. The number of Topliss-reactive ketones (excluding diaryl/α,β-unsaturated/α-hetero) is 2. The number of carboxylic acids is 1. The Hall–Kier alpha value is -4.34. The van der Waals surface area contributed by atoms with Crippen molar-refractivity contribution in [2.45, 2.75) is 56.3 Å². The topological polar surface area (TPSA) is 156 Å². The van der Waals surface area contributed by atoms with E-state index in [0.717, 1.165) is 31.2 Å². The molecule has 0 saturated heterocycles. The van der Waals surface area contributed by atoms with Gasteiger partial charge in [-0.15, -0.1) is 0 Å². The number of aliphatic carboxylic acids is 1. The van der Waals surface area contributed by atoms with Crippen molar-refractivity contribution in [3.05, 3.63) is 58.7 Å². The Morgan fingerprint density at radius 1 is 0.789 bits per heavy atom. The quantitative estimate of drug-likeness (QED) is 0.403. The minimum atomic E-state index is -0.874. The number of benzene rings is 2. The highest BCUT2D eigenvalue weighted by molar-refractivity contribution is 6.52. The number of amides is 2. The number of hydrogen-bond donors (Lipinski definition) is 3. The van der Waals surface area contributed by atoms with E-state index in [1.807, 2.05) is 0 Å². The molecular formula is C28H26N2O8. The van der Waals surface area contributed by atoms with Crippen molar-refractivity contribution >= 4 is 46.7 Å². The highest BCUT2D eigenvalue weighted by atomic mass is 16.5. The number of anilines is 2. The van der Waals surface area contributed by atoms with Crippen molar-refractivity contribution < 1.29 is 38.6 Å². The maximum atomic E-state index is 12.2. The van der Waals surface area contributed by atoms with Gasteiger partial charge >= 0.3 is 11.9 Å². The van der Waals surface area contributed by atoms with Crippen LogP contribution in [0.2, 0.25) is 0 Å². The van der Waals surface area contributed by atoms with Gasteiger partial charge in [0.25, 0.3) is 23.4 Å². The molecule has 196 valence electrons. The predicted octanol–water partition coefficient (Wildman–Crippen LogP) is 3.13. The van der Waals surface area contributed by atoms with Crippen LogP contribution in [0.4, 0.5) is 11.4 Å². The summed E-state index contributed by atoms with van der Waals surface area (Å²) >= 11 is 0. The van der Waals surface area contributed by atoms with Crippen molar-refractivity contribution in [2.24, 2.45) is 0 Å². The largest absolute Gasteiger partial charge is 0.481 e. The molecule has 2 heterocycles. The monoisotopic (exact) mass is 518 g/mol. The van der Waals surface area contributed by atoms with E-state index in [2.05, 4.69) is 10.6 Å². The van der Waals surface area contributed by atoms with Crippen molar-refractivity contribution in [1.82, 2.24) is 0 Å². The molecule has 2 fully saturated rings. The lowest BCUT2D eigenvalue weighted by molar-refractivity contribution is -0.154. The van der Waals surface area contributed by atoms with E-state index in [1.54, 1.807) is 43.3 Å². The SMILES string of the molecule is CCOC(=O)C1(c2ccc3c(c2)C(=O)C(=O)N3)CCC1.O=C1Nc2ccc(C3(C(=O)O)CCC3)cc2C1=O. The van der Waals surface area contributed by atoms with Gasteiger partial charge in [-0.25, -0.2) is 0 Å². The van der Waals surface area contributed by atoms with Crippen LogP contribution in [0.3, 0.4) is 0 Å². The second-order valence-corrected chi connectivity index (χ2v) is 9.98. The summed E-state index contributed by atoms with van der Waals surface area (Å²) < 4.78 is 5.16. The van der Waals surface area contributed by atoms with E-state index in [-0.39, 0.29) is 11.5 Å². The molecule has 2 aliphatic heterocycles. The van der Waals surface area contributed by atoms with E-state index in [1.165, 1.54) is 0 Å². The average Bonchev–Trinajstić information content (AvgIpc) is 3.27. The zero-order chi connectivity index (χ0) is 27.2. The van der Waals surface area contributed by atoms with Gasteiger partial charge in [0.2, 0.25) is 0 Å². The van der Waals surface area contributed by atoms with Crippen LogP contribution in [-0.2, 0) is 34.7 Å². The van der Waals surface area contributed by atoms with Gasteiger partial charge in [-0.2, -0.15) is 0 Å². The summed E-state index contributed by atoms with van der Waals surface area (Å²) in [5.74, 6) is -3.50. The van der Waals surface area contributed by atoms with Crippen molar-refractivity contribution in [3.63, 3.8) is 0 Å². The lowest BCUT2D eigenvalue weighted by Crippen LogP contribution is -2.43. The van der Waals surface area contributed by atoms with Crippen LogP contribution in [0.15, 0.2) is 36.4 Å². The third kappa shape index (κ3) is 3.79. The number of nitrogens with one attached hydrogen (secondary N) is 2. The number of ether oxygens (including phenoxy) is 1. The molecule has 6 rings (SSSR count). The Balaban J connectivity index is 0.000000156. The molecule has 2 aromatic rings. The fraction of sp³-hybridized carbons (Fsp3) is 0.357. The third-order valence-electron chi connectivity index (χ3n) is 8.03. The molecule has 0 bridgehead atoms. The lowest BCUT2D eigenvalue weighted by Gasteiger charge is -2.39. The highest BCUT2D eigenvalue weighted by Crippen LogP contribution is 2.46. The molecule has 4 aliphatic rings. The van der Waals surface area contributed by atoms with Crippen molar-refractivity contribution in [3.8, 4) is 0 Å². The smallest absolute Gasteiger partial charge is 0.316 e. The van der Waals surface area contributed by atoms with Gasteiger partial charge in [-0.1, -0.05) is 25.0 Å². The zero-order valence-electron chi connectivity index (χ0n) is 20.7. The number of rotatable bonds is 5. The van der Waals surface area contributed by atoms with Gasteiger partial charge < -0.3 is 20.5 Å². The standard InChI is InChI=1S/C15H15NO4.C13H11NO4/c1-2-20-14(19)15(6-3-7-15)9-4-5-11-10(8-9)12(17)13(18)16-11;15-10-8-6-7(2-3-9(8)14-11(10)16)13(12(17)18)4-1-5-13/h4-5,8H,2-3,6-7H2,1H3,(H,16,17,18);2-3,6H,1,4-5H2,(H,17,18)(H,14,15,16). The number of hydrogen-bond acceptors (Lipinski definition) is 7. The lowest BCUT2D eigenvalue weighted by atomic mass is 9.64. The Morgan fingerprint density at radius 2 is 1.24 bits per heavy atom.